The van der Waals surface area contributed by atoms with E-state index in [0.29, 0.717) is 16.8 Å². The lowest BCUT2D eigenvalue weighted by Crippen LogP contribution is -2.27. The van der Waals surface area contributed by atoms with E-state index in [2.05, 4.69) is 17.6 Å². The molecule has 1 amide bonds. The topological polar surface area (TPSA) is 66.3 Å². The normalized spacial score (nSPS) is 10.6. The standard InChI is InChI=1S/C10H10N2O3S/c1-12(9(13)5-16)6-2-3-7-8(4-6)15-10(14)11-7/h2-4,16H,5H2,1H3,(H,11,14). The zero-order valence-electron chi connectivity index (χ0n) is 8.56. The second-order valence-corrected chi connectivity index (χ2v) is 3.62. The fourth-order valence-corrected chi connectivity index (χ4v) is 1.60. The number of hydrogen-bond acceptors (Lipinski definition) is 4. The number of hydrogen-bond donors (Lipinski definition) is 2. The van der Waals surface area contributed by atoms with E-state index in [1.165, 1.54) is 4.90 Å². The van der Waals surface area contributed by atoms with E-state index in [1.54, 1.807) is 25.2 Å². The Hall–Kier alpha value is -1.69. The molecule has 5 nitrogen and oxygen atoms in total. The first kappa shape index (κ1) is 10.8. The predicted octanol–water partition coefficient (Wildman–Crippen LogP) is 1.01. The maximum atomic E-state index is 11.4. The van der Waals surface area contributed by atoms with Crippen molar-refractivity contribution in [1.29, 1.82) is 0 Å². The van der Waals surface area contributed by atoms with Crippen LogP contribution in [0.5, 0.6) is 0 Å². The molecule has 2 rings (SSSR count). The van der Waals surface area contributed by atoms with Crippen LogP contribution < -0.4 is 10.7 Å². The van der Waals surface area contributed by atoms with Gasteiger partial charge < -0.3 is 9.32 Å². The van der Waals surface area contributed by atoms with Gasteiger partial charge in [-0.3, -0.25) is 9.78 Å². The molecule has 1 aromatic heterocycles. The summed E-state index contributed by atoms with van der Waals surface area (Å²) in [4.78, 5) is 26.3. The first-order valence-electron chi connectivity index (χ1n) is 4.62. The fourth-order valence-electron chi connectivity index (χ4n) is 1.39. The molecule has 1 heterocycles. The van der Waals surface area contributed by atoms with Gasteiger partial charge in [0.1, 0.15) is 0 Å². The molecule has 0 unspecified atom stereocenters. The molecule has 0 radical (unpaired) electrons. The van der Waals surface area contributed by atoms with Gasteiger partial charge in [0.15, 0.2) is 5.58 Å². The minimum absolute atomic E-state index is 0.124. The molecule has 0 saturated heterocycles. The van der Waals surface area contributed by atoms with Crippen molar-refractivity contribution in [3.05, 3.63) is 28.7 Å². The summed E-state index contributed by atoms with van der Waals surface area (Å²) in [6.45, 7) is 0. The van der Waals surface area contributed by atoms with Crippen LogP contribution in [0, 0.1) is 0 Å². The van der Waals surface area contributed by atoms with Gasteiger partial charge >= 0.3 is 5.76 Å². The molecule has 2 aromatic rings. The Balaban J connectivity index is 2.46. The van der Waals surface area contributed by atoms with Gasteiger partial charge in [0.2, 0.25) is 5.91 Å². The van der Waals surface area contributed by atoms with Crippen molar-refractivity contribution in [3.63, 3.8) is 0 Å². The van der Waals surface area contributed by atoms with Crippen LogP contribution in [-0.4, -0.2) is 23.7 Å². The van der Waals surface area contributed by atoms with E-state index in [4.69, 9.17) is 4.42 Å². The van der Waals surface area contributed by atoms with Crippen LogP contribution in [0.3, 0.4) is 0 Å². The molecule has 0 bridgehead atoms. The molecule has 1 aromatic carbocycles. The highest BCUT2D eigenvalue weighted by molar-refractivity contribution is 7.81. The SMILES string of the molecule is CN(C(=O)CS)c1ccc2[nH]c(=O)oc2c1. The number of fused-ring (bicyclic) bond motifs is 1. The molecular formula is C10H10N2O3S. The Kier molecular flexibility index (Phi) is 2.74. The summed E-state index contributed by atoms with van der Waals surface area (Å²) >= 11 is 3.91. The number of nitrogens with zero attached hydrogens (tertiary/aromatic N) is 1. The monoisotopic (exact) mass is 238 g/mol. The Morgan fingerprint density at radius 2 is 2.31 bits per heavy atom. The first-order chi connectivity index (χ1) is 7.61. The van der Waals surface area contributed by atoms with Gasteiger partial charge in [-0.1, -0.05) is 0 Å². The molecule has 0 fully saturated rings. The third-order valence-corrected chi connectivity index (χ3v) is 2.57. The van der Waals surface area contributed by atoms with E-state index >= 15 is 0 Å². The van der Waals surface area contributed by atoms with Gasteiger partial charge in [-0.25, -0.2) is 4.79 Å². The number of carbonyl (C=O) groups is 1. The number of aromatic amines is 1. The third-order valence-electron chi connectivity index (χ3n) is 2.30. The zero-order chi connectivity index (χ0) is 11.7. The Morgan fingerprint density at radius 1 is 1.56 bits per heavy atom. The molecule has 0 aliphatic rings. The average Bonchev–Trinajstić information content (AvgIpc) is 2.65. The molecule has 1 N–H and O–H groups in total. The van der Waals surface area contributed by atoms with Crippen LogP contribution in [0.4, 0.5) is 5.69 Å². The number of thiol groups is 1. The van der Waals surface area contributed by atoms with E-state index in [1.807, 2.05) is 0 Å². The zero-order valence-corrected chi connectivity index (χ0v) is 9.45. The van der Waals surface area contributed by atoms with E-state index in [-0.39, 0.29) is 11.7 Å². The average molecular weight is 238 g/mol. The van der Waals surface area contributed by atoms with Crippen LogP contribution in [0.1, 0.15) is 0 Å². The predicted molar refractivity (Wildman–Crippen MR) is 64.1 cm³/mol. The van der Waals surface area contributed by atoms with Gasteiger partial charge in [-0.2, -0.15) is 12.6 Å². The van der Waals surface area contributed by atoms with Crippen molar-refractivity contribution >= 4 is 35.3 Å². The lowest BCUT2D eigenvalue weighted by atomic mass is 10.2. The first-order valence-corrected chi connectivity index (χ1v) is 5.25. The Morgan fingerprint density at radius 3 is 3.00 bits per heavy atom. The maximum absolute atomic E-state index is 11.4. The minimum Gasteiger partial charge on any atom is -0.408 e. The van der Waals surface area contributed by atoms with Crippen LogP contribution in [0.2, 0.25) is 0 Å². The van der Waals surface area contributed by atoms with Crippen LogP contribution >= 0.6 is 12.6 Å². The van der Waals surface area contributed by atoms with Crippen molar-refractivity contribution in [2.24, 2.45) is 0 Å². The van der Waals surface area contributed by atoms with Gasteiger partial charge in [-0.05, 0) is 12.1 Å². The van der Waals surface area contributed by atoms with Crippen LogP contribution in [0.25, 0.3) is 11.1 Å². The summed E-state index contributed by atoms with van der Waals surface area (Å²) in [6, 6.07) is 5.06. The molecule has 0 aliphatic carbocycles. The summed E-state index contributed by atoms with van der Waals surface area (Å²) in [6.07, 6.45) is 0. The van der Waals surface area contributed by atoms with E-state index < -0.39 is 5.76 Å². The van der Waals surface area contributed by atoms with Crippen molar-refractivity contribution in [2.45, 2.75) is 0 Å². The third kappa shape index (κ3) is 1.83. The summed E-state index contributed by atoms with van der Waals surface area (Å²) in [7, 11) is 1.64. The Labute approximate surface area is 96.5 Å². The summed E-state index contributed by atoms with van der Waals surface area (Å²) in [5.41, 5.74) is 1.70. The Bertz CT molecular complexity index is 587. The molecule has 0 atom stereocenters. The van der Waals surface area contributed by atoms with Crippen molar-refractivity contribution in [1.82, 2.24) is 4.98 Å². The highest BCUT2D eigenvalue weighted by atomic mass is 32.1. The molecule has 0 saturated carbocycles. The quantitative estimate of drug-likeness (QED) is 0.767. The fraction of sp³-hybridized carbons (Fsp3) is 0.200. The number of carbonyl (C=O) groups excluding carboxylic acids is 1. The second kappa shape index (κ2) is 4.05. The molecule has 0 aliphatic heterocycles. The lowest BCUT2D eigenvalue weighted by molar-refractivity contribution is -0.115. The number of rotatable bonds is 2. The molecule has 6 heteroatoms. The van der Waals surface area contributed by atoms with Crippen molar-refractivity contribution < 1.29 is 9.21 Å². The minimum atomic E-state index is -0.504. The number of benzene rings is 1. The number of oxazole rings is 1. The summed E-state index contributed by atoms with van der Waals surface area (Å²) in [5, 5.41) is 0. The van der Waals surface area contributed by atoms with Gasteiger partial charge in [-0.15, -0.1) is 0 Å². The van der Waals surface area contributed by atoms with E-state index in [9.17, 15) is 9.59 Å². The molecular weight excluding hydrogens is 228 g/mol. The van der Waals surface area contributed by atoms with Crippen molar-refractivity contribution in [2.75, 3.05) is 17.7 Å². The highest BCUT2D eigenvalue weighted by Crippen LogP contribution is 2.19. The number of amides is 1. The largest absolute Gasteiger partial charge is 0.417 e. The molecule has 84 valence electrons. The van der Waals surface area contributed by atoms with E-state index in [0.717, 1.165) is 0 Å². The lowest BCUT2D eigenvalue weighted by Gasteiger charge is -2.15. The highest BCUT2D eigenvalue weighted by Gasteiger charge is 2.10. The van der Waals surface area contributed by atoms with Crippen molar-refractivity contribution in [3.8, 4) is 0 Å². The van der Waals surface area contributed by atoms with Gasteiger partial charge in [0.05, 0.1) is 11.3 Å². The number of anilines is 1. The number of nitrogens with one attached hydrogen (secondary N) is 1. The molecule has 0 spiro atoms. The maximum Gasteiger partial charge on any atom is 0.417 e. The summed E-state index contributed by atoms with van der Waals surface area (Å²) in [5.74, 6) is -0.498. The smallest absolute Gasteiger partial charge is 0.408 e. The van der Waals surface area contributed by atoms with Crippen LogP contribution in [-0.2, 0) is 4.79 Å². The van der Waals surface area contributed by atoms with Gasteiger partial charge in [0.25, 0.3) is 0 Å². The van der Waals surface area contributed by atoms with Crippen LogP contribution in [0.15, 0.2) is 27.4 Å². The second-order valence-electron chi connectivity index (χ2n) is 3.31. The number of H-pyrrole nitrogens is 1. The number of aromatic nitrogens is 1. The summed E-state index contributed by atoms with van der Waals surface area (Å²) < 4.78 is 4.90. The molecule has 16 heavy (non-hydrogen) atoms. The van der Waals surface area contributed by atoms with Gasteiger partial charge in [0, 0.05) is 18.8 Å².